The number of carbonyl (C=O) groups excluding carboxylic acids is 1. The SMILES string of the molecule is COC1CCN(c2ccc3cc(-c4nc5cc6c(cc5n4C)CCNC6=O)n(CC4CC4)c3c2)CC1. The van der Waals surface area contributed by atoms with Crippen molar-refractivity contribution in [2.75, 3.05) is 31.6 Å². The van der Waals surface area contributed by atoms with Crippen LogP contribution in [0.5, 0.6) is 0 Å². The predicted molar refractivity (Wildman–Crippen MR) is 143 cm³/mol. The van der Waals surface area contributed by atoms with Crippen LogP contribution in [0.4, 0.5) is 5.69 Å². The molecule has 2 fully saturated rings. The number of nitrogens with zero attached hydrogens (tertiary/aromatic N) is 4. The topological polar surface area (TPSA) is 64.3 Å². The van der Waals surface area contributed by atoms with Gasteiger partial charge in [-0.15, -0.1) is 0 Å². The van der Waals surface area contributed by atoms with Gasteiger partial charge in [-0.3, -0.25) is 4.79 Å². The smallest absolute Gasteiger partial charge is 0.251 e. The molecule has 7 nitrogen and oxygen atoms in total. The molecule has 4 heterocycles. The van der Waals surface area contributed by atoms with Crippen LogP contribution < -0.4 is 10.2 Å². The fourth-order valence-electron chi connectivity index (χ4n) is 6.06. The van der Waals surface area contributed by atoms with Gasteiger partial charge in [-0.1, -0.05) is 6.07 Å². The van der Waals surface area contributed by atoms with Crippen LogP contribution in [-0.4, -0.2) is 52.9 Å². The number of fused-ring (bicyclic) bond motifs is 3. The summed E-state index contributed by atoms with van der Waals surface area (Å²) in [7, 11) is 3.92. The first-order chi connectivity index (χ1) is 17.6. The third-order valence-corrected chi connectivity index (χ3v) is 8.43. The number of hydrogen-bond donors (Lipinski definition) is 1. The first-order valence-corrected chi connectivity index (χ1v) is 13.3. The van der Waals surface area contributed by atoms with Crippen molar-refractivity contribution in [1.29, 1.82) is 0 Å². The van der Waals surface area contributed by atoms with Crippen LogP contribution in [-0.2, 0) is 24.8 Å². The predicted octanol–water partition coefficient (Wildman–Crippen LogP) is 4.51. The maximum absolute atomic E-state index is 12.4. The monoisotopic (exact) mass is 483 g/mol. The molecule has 4 aromatic rings. The van der Waals surface area contributed by atoms with E-state index in [1.165, 1.54) is 29.4 Å². The van der Waals surface area contributed by atoms with Gasteiger partial charge in [0.05, 0.1) is 28.3 Å². The molecular weight excluding hydrogens is 450 g/mol. The molecule has 186 valence electrons. The number of aryl methyl sites for hydroxylation is 1. The standard InChI is InChI=1S/C29H33N5O2/c1-32-26-13-19-7-10-30-29(35)23(19)16-24(26)31-28(32)27-14-20-5-6-21(33-11-8-22(36-2)9-12-33)15-25(20)34(27)17-18-3-4-18/h5-6,13-16,18,22H,3-4,7-12,17H2,1-2H3,(H,30,35). The van der Waals surface area contributed by atoms with E-state index in [0.717, 1.165) is 78.5 Å². The van der Waals surface area contributed by atoms with E-state index in [0.29, 0.717) is 12.6 Å². The van der Waals surface area contributed by atoms with Crippen LogP contribution >= 0.6 is 0 Å². The zero-order valence-electron chi connectivity index (χ0n) is 21.1. The van der Waals surface area contributed by atoms with Crippen molar-refractivity contribution in [1.82, 2.24) is 19.4 Å². The Morgan fingerprint density at radius 3 is 2.67 bits per heavy atom. The number of hydrogen-bond acceptors (Lipinski definition) is 4. The van der Waals surface area contributed by atoms with Gasteiger partial charge >= 0.3 is 0 Å². The number of rotatable bonds is 5. The van der Waals surface area contributed by atoms with Gasteiger partial charge in [0, 0.05) is 57.0 Å². The Kier molecular flexibility index (Phi) is 5.10. The number of piperidine rings is 1. The molecule has 7 heteroatoms. The maximum Gasteiger partial charge on any atom is 0.251 e. The summed E-state index contributed by atoms with van der Waals surface area (Å²) in [4.78, 5) is 20.0. The fourth-order valence-corrected chi connectivity index (χ4v) is 6.06. The van der Waals surface area contributed by atoms with E-state index in [1.54, 1.807) is 0 Å². The molecule has 36 heavy (non-hydrogen) atoms. The zero-order valence-corrected chi connectivity index (χ0v) is 21.1. The summed E-state index contributed by atoms with van der Waals surface area (Å²) < 4.78 is 10.3. The highest BCUT2D eigenvalue weighted by Gasteiger charge is 2.27. The van der Waals surface area contributed by atoms with Crippen molar-refractivity contribution in [2.45, 2.75) is 44.8 Å². The summed E-state index contributed by atoms with van der Waals surface area (Å²) in [5, 5.41) is 4.22. The van der Waals surface area contributed by atoms with Crippen LogP contribution in [0.2, 0.25) is 0 Å². The van der Waals surface area contributed by atoms with Crippen LogP contribution in [0.25, 0.3) is 33.5 Å². The second-order valence-corrected chi connectivity index (χ2v) is 10.7. The molecule has 3 aliphatic rings. The molecule has 1 saturated heterocycles. The lowest BCUT2D eigenvalue weighted by molar-refractivity contribution is 0.0819. The highest BCUT2D eigenvalue weighted by atomic mass is 16.5. The van der Waals surface area contributed by atoms with E-state index >= 15 is 0 Å². The largest absolute Gasteiger partial charge is 0.381 e. The highest BCUT2D eigenvalue weighted by molar-refractivity contribution is 6.00. The number of ether oxygens (including phenoxy) is 1. The molecular formula is C29H33N5O2. The minimum absolute atomic E-state index is 0.00950. The van der Waals surface area contributed by atoms with E-state index in [9.17, 15) is 4.79 Å². The Morgan fingerprint density at radius 2 is 1.89 bits per heavy atom. The summed E-state index contributed by atoms with van der Waals surface area (Å²) in [5.41, 5.74) is 7.58. The zero-order chi connectivity index (χ0) is 24.4. The third-order valence-electron chi connectivity index (χ3n) is 8.43. The Morgan fingerprint density at radius 1 is 1.06 bits per heavy atom. The number of anilines is 1. The third kappa shape index (κ3) is 3.60. The highest BCUT2D eigenvalue weighted by Crippen LogP contribution is 2.38. The van der Waals surface area contributed by atoms with Gasteiger partial charge in [-0.05, 0) is 73.9 Å². The summed E-state index contributed by atoms with van der Waals surface area (Å²) in [6, 6.07) is 13.3. The van der Waals surface area contributed by atoms with Crippen LogP contribution in [0.1, 0.15) is 41.6 Å². The van der Waals surface area contributed by atoms with Crippen molar-refractivity contribution < 1.29 is 9.53 Å². The molecule has 2 aliphatic heterocycles. The summed E-state index contributed by atoms with van der Waals surface area (Å²) in [5.74, 6) is 1.72. The van der Waals surface area contributed by atoms with E-state index < -0.39 is 0 Å². The molecule has 1 saturated carbocycles. The number of benzene rings is 2. The van der Waals surface area contributed by atoms with Gasteiger partial charge in [0.15, 0.2) is 5.82 Å². The Hall–Kier alpha value is -3.32. The minimum Gasteiger partial charge on any atom is -0.381 e. The Balaban J connectivity index is 1.33. The Labute approximate surface area is 211 Å². The average Bonchev–Trinajstić information content (AvgIpc) is 3.58. The van der Waals surface area contributed by atoms with Gasteiger partial charge in [-0.25, -0.2) is 4.98 Å². The average molecular weight is 484 g/mol. The van der Waals surface area contributed by atoms with Crippen molar-refractivity contribution in [2.24, 2.45) is 13.0 Å². The molecule has 1 amide bonds. The number of imidazole rings is 1. The summed E-state index contributed by atoms with van der Waals surface area (Å²) in [6.07, 6.45) is 5.99. The molecule has 2 aromatic carbocycles. The van der Waals surface area contributed by atoms with Crippen molar-refractivity contribution >= 4 is 33.5 Å². The van der Waals surface area contributed by atoms with E-state index in [4.69, 9.17) is 9.72 Å². The van der Waals surface area contributed by atoms with E-state index in [1.807, 2.05) is 13.2 Å². The number of nitrogens with one attached hydrogen (secondary N) is 1. The Bertz CT molecular complexity index is 1490. The molecule has 0 unspecified atom stereocenters. The van der Waals surface area contributed by atoms with E-state index in [2.05, 4.69) is 56.7 Å². The second-order valence-electron chi connectivity index (χ2n) is 10.7. The summed E-state index contributed by atoms with van der Waals surface area (Å²) in [6.45, 7) is 3.78. The first-order valence-electron chi connectivity index (χ1n) is 13.3. The first kappa shape index (κ1) is 21.9. The molecule has 1 aliphatic carbocycles. The molecule has 0 bridgehead atoms. The number of aromatic nitrogens is 3. The summed E-state index contributed by atoms with van der Waals surface area (Å²) >= 11 is 0. The van der Waals surface area contributed by atoms with Crippen molar-refractivity contribution in [3.8, 4) is 11.5 Å². The maximum atomic E-state index is 12.4. The van der Waals surface area contributed by atoms with Gasteiger partial charge in [0.1, 0.15) is 0 Å². The van der Waals surface area contributed by atoms with Crippen molar-refractivity contribution in [3.63, 3.8) is 0 Å². The van der Waals surface area contributed by atoms with Crippen LogP contribution in [0, 0.1) is 5.92 Å². The lowest BCUT2D eigenvalue weighted by atomic mass is 9.99. The van der Waals surface area contributed by atoms with E-state index in [-0.39, 0.29) is 5.91 Å². The van der Waals surface area contributed by atoms with Gasteiger partial charge in [-0.2, -0.15) is 0 Å². The van der Waals surface area contributed by atoms with Gasteiger partial charge in [0.25, 0.3) is 5.91 Å². The lowest BCUT2D eigenvalue weighted by Gasteiger charge is -2.33. The molecule has 0 spiro atoms. The van der Waals surface area contributed by atoms with Gasteiger partial charge in [0.2, 0.25) is 0 Å². The van der Waals surface area contributed by atoms with Crippen LogP contribution in [0.3, 0.4) is 0 Å². The lowest BCUT2D eigenvalue weighted by Crippen LogP contribution is -2.36. The molecule has 0 atom stereocenters. The van der Waals surface area contributed by atoms with Gasteiger partial charge < -0.3 is 24.1 Å². The van der Waals surface area contributed by atoms with Crippen LogP contribution in [0.15, 0.2) is 36.4 Å². The number of carbonyl (C=O) groups is 1. The fraction of sp³-hybridized carbons (Fsp3) is 0.448. The number of amides is 1. The molecule has 1 N–H and O–H groups in total. The number of methoxy groups -OCH3 is 1. The molecule has 7 rings (SSSR count). The molecule has 2 aromatic heterocycles. The minimum atomic E-state index is 0.00950. The molecule has 0 radical (unpaired) electrons. The quantitative estimate of drug-likeness (QED) is 0.454. The second kappa shape index (κ2) is 8.37. The van der Waals surface area contributed by atoms with Crippen molar-refractivity contribution in [3.05, 3.63) is 47.5 Å². The normalized spacial score (nSPS) is 18.7.